The molecule has 78 heavy (non-hydrogen) atoms. The molecule has 0 rings (SSSR count). The van der Waals surface area contributed by atoms with E-state index in [0.717, 1.165) is 96.3 Å². The number of phosphoric acid groups is 1. The van der Waals surface area contributed by atoms with Crippen molar-refractivity contribution in [2.45, 2.75) is 270 Å². The Balaban J connectivity index is 5.18. The van der Waals surface area contributed by atoms with Crippen LogP contribution in [0.2, 0.25) is 0 Å². The standard InChI is InChI=1S/C68H119N2O7P/c1-7-10-13-16-19-22-25-28-29-30-31-32-33-34-35-36-37-38-39-40-41-43-46-49-52-55-58-61-68(72)77-66(59-56-53-50-47-44-27-24-21-18-15-12-9-3)65(64-76-78(73,74)75-63-62-70(4,5)6)69-67(71)60-57-54-51-48-45-42-26-23-20-17-14-11-8-2/h10,13,19,22,28-29,31-32,34-35,37-38,42,45,51,54,56,59,65-66H,7-9,11-12,14-18,20-21,23-27,30,33,36,39-41,43-44,46-50,52-53,55,57-58,60-64H2,1-6H3,(H-,69,71,73,74)/b13-10-,22-19-,29-28-,32-31-,35-34-,38-37-,45-42-,54-51+,59-56-. The average molecular weight is 1110 g/mol. The molecule has 0 aromatic heterocycles. The number of nitrogens with one attached hydrogen (secondary N) is 1. The van der Waals surface area contributed by atoms with Crippen molar-refractivity contribution in [3.63, 3.8) is 0 Å². The van der Waals surface area contributed by atoms with Crippen LogP contribution in [-0.2, 0) is 27.9 Å². The topological polar surface area (TPSA) is 114 Å². The first-order valence-electron chi connectivity index (χ1n) is 31.7. The molecule has 0 bridgehead atoms. The maximum absolute atomic E-state index is 13.5. The summed E-state index contributed by atoms with van der Waals surface area (Å²) in [6.45, 7) is 6.66. The molecular formula is C68H119N2O7P. The maximum atomic E-state index is 13.5. The lowest BCUT2D eigenvalue weighted by atomic mass is 10.0. The summed E-state index contributed by atoms with van der Waals surface area (Å²) >= 11 is 0. The number of amides is 1. The van der Waals surface area contributed by atoms with Crippen molar-refractivity contribution in [3.05, 3.63) is 109 Å². The first-order valence-corrected chi connectivity index (χ1v) is 33.2. The largest absolute Gasteiger partial charge is 0.756 e. The maximum Gasteiger partial charge on any atom is 0.306 e. The summed E-state index contributed by atoms with van der Waals surface area (Å²) in [4.78, 5) is 39.9. The minimum absolute atomic E-state index is 0.0376. The molecule has 0 fully saturated rings. The lowest BCUT2D eigenvalue weighted by Gasteiger charge is -2.30. The van der Waals surface area contributed by atoms with Crippen molar-refractivity contribution in [2.75, 3.05) is 40.9 Å². The molecule has 448 valence electrons. The number of unbranched alkanes of at least 4 members (excludes halogenated alkanes) is 24. The lowest BCUT2D eigenvalue weighted by Crippen LogP contribution is -2.47. The highest BCUT2D eigenvalue weighted by molar-refractivity contribution is 7.45. The molecule has 0 saturated carbocycles. The number of likely N-dealkylation sites (N-methyl/N-ethyl adjacent to an activating group) is 1. The summed E-state index contributed by atoms with van der Waals surface area (Å²) in [5.41, 5.74) is 0. The first-order chi connectivity index (χ1) is 37.9. The second-order valence-electron chi connectivity index (χ2n) is 22.2. The van der Waals surface area contributed by atoms with Gasteiger partial charge in [0.2, 0.25) is 5.91 Å². The van der Waals surface area contributed by atoms with E-state index in [2.05, 4.69) is 117 Å². The smallest absolute Gasteiger partial charge is 0.306 e. The second kappa shape index (κ2) is 56.9. The highest BCUT2D eigenvalue weighted by Gasteiger charge is 2.27. The van der Waals surface area contributed by atoms with Gasteiger partial charge in [0.1, 0.15) is 19.3 Å². The van der Waals surface area contributed by atoms with Gasteiger partial charge in [0.25, 0.3) is 7.82 Å². The van der Waals surface area contributed by atoms with Crippen LogP contribution in [0.3, 0.4) is 0 Å². The third-order valence-electron chi connectivity index (χ3n) is 13.5. The predicted octanol–water partition coefficient (Wildman–Crippen LogP) is 19.1. The van der Waals surface area contributed by atoms with Crippen LogP contribution in [0.4, 0.5) is 0 Å². The Morgan fingerprint density at radius 3 is 1.26 bits per heavy atom. The molecule has 0 radical (unpaired) electrons. The number of phosphoric ester groups is 1. The summed E-state index contributed by atoms with van der Waals surface area (Å²) in [6, 6.07) is -0.928. The zero-order chi connectivity index (χ0) is 57.2. The van der Waals surface area contributed by atoms with Crippen LogP contribution >= 0.6 is 7.82 Å². The van der Waals surface area contributed by atoms with Crippen LogP contribution in [0.15, 0.2) is 109 Å². The average Bonchev–Trinajstić information content (AvgIpc) is 3.40. The Kier molecular flexibility index (Phi) is 54.5. The summed E-state index contributed by atoms with van der Waals surface area (Å²) in [6.07, 6.45) is 77.9. The Hall–Kier alpha value is -3.33. The van der Waals surface area contributed by atoms with Gasteiger partial charge >= 0.3 is 5.97 Å². The molecule has 10 heteroatoms. The molecule has 0 spiro atoms. The minimum Gasteiger partial charge on any atom is -0.756 e. The van der Waals surface area contributed by atoms with Crippen LogP contribution < -0.4 is 10.2 Å². The van der Waals surface area contributed by atoms with Gasteiger partial charge in [0.05, 0.1) is 33.8 Å². The van der Waals surface area contributed by atoms with Crippen molar-refractivity contribution in [3.8, 4) is 0 Å². The number of quaternary nitrogens is 1. The fourth-order valence-corrected chi connectivity index (χ4v) is 9.30. The van der Waals surface area contributed by atoms with E-state index in [1.165, 1.54) is 116 Å². The van der Waals surface area contributed by atoms with Crippen molar-refractivity contribution in [1.82, 2.24) is 5.32 Å². The molecule has 1 N–H and O–H groups in total. The molecule has 1 amide bonds. The number of hydrogen-bond donors (Lipinski definition) is 1. The van der Waals surface area contributed by atoms with Crippen molar-refractivity contribution in [1.29, 1.82) is 0 Å². The monoisotopic (exact) mass is 1110 g/mol. The van der Waals surface area contributed by atoms with Gasteiger partial charge in [0.15, 0.2) is 0 Å². The van der Waals surface area contributed by atoms with Crippen LogP contribution in [0.1, 0.15) is 258 Å². The van der Waals surface area contributed by atoms with Gasteiger partial charge in [-0.15, -0.1) is 0 Å². The van der Waals surface area contributed by atoms with Crippen molar-refractivity contribution < 1.29 is 37.3 Å². The highest BCUT2D eigenvalue weighted by atomic mass is 31.2. The molecular weight excluding hydrogens is 988 g/mol. The van der Waals surface area contributed by atoms with Crippen LogP contribution in [0, 0.1) is 0 Å². The second-order valence-corrected chi connectivity index (χ2v) is 23.6. The number of esters is 1. The van der Waals surface area contributed by atoms with Gasteiger partial charge in [-0.1, -0.05) is 252 Å². The van der Waals surface area contributed by atoms with E-state index in [9.17, 15) is 19.0 Å². The van der Waals surface area contributed by atoms with E-state index in [-0.39, 0.29) is 31.3 Å². The van der Waals surface area contributed by atoms with E-state index >= 15 is 0 Å². The quantitative estimate of drug-likeness (QED) is 0.0212. The summed E-state index contributed by atoms with van der Waals surface area (Å²) < 4.78 is 30.2. The zero-order valence-electron chi connectivity index (χ0n) is 51.1. The first kappa shape index (κ1) is 74.7. The molecule has 0 aliphatic heterocycles. The van der Waals surface area contributed by atoms with Gasteiger partial charge in [0, 0.05) is 12.8 Å². The number of hydrogen-bond acceptors (Lipinski definition) is 7. The lowest BCUT2D eigenvalue weighted by molar-refractivity contribution is -0.870. The van der Waals surface area contributed by atoms with E-state index in [1.807, 2.05) is 39.4 Å². The van der Waals surface area contributed by atoms with Gasteiger partial charge in [-0.05, 0) is 102 Å². The molecule has 0 aliphatic rings. The molecule has 0 aromatic rings. The van der Waals surface area contributed by atoms with Gasteiger partial charge < -0.3 is 28.5 Å². The van der Waals surface area contributed by atoms with Crippen LogP contribution in [0.25, 0.3) is 0 Å². The van der Waals surface area contributed by atoms with Crippen molar-refractivity contribution in [2.24, 2.45) is 0 Å². The fourth-order valence-electron chi connectivity index (χ4n) is 8.57. The van der Waals surface area contributed by atoms with E-state index in [0.29, 0.717) is 23.9 Å². The van der Waals surface area contributed by atoms with E-state index in [1.54, 1.807) is 0 Å². The molecule has 3 unspecified atom stereocenters. The summed E-state index contributed by atoms with van der Waals surface area (Å²) in [7, 11) is 1.14. The third-order valence-corrected chi connectivity index (χ3v) is 14.4. The van der Waals surface area contributed by atoms with Crippen LogP contribution in [0.5, 0.6) is 0 Å². The molecule has 3 atom stereocenters. The number of allylic oxidation sites excluding steroid dienone is 17. The molecule has 0 aliphatic carbocycles. The van der Waals surface area contributed by atoms with Crippen LogP contribution in [-0.4, -0.2) is 69.4 Å². The molecule has 0 aromatic carbocycles. The molecule has 9 nitrogen and oxygen atoms in total. The SMILES string of the molecule is CC/C=C\C/C=C\C/C=C\C/C=C\C/C=C\C/C=C\CCCCCCCCCCC(=O)OC(/C=C\CCCCCCCCCCCC)C(COP(=O)([O-])OCC[N+](C)(C)C)NC(=O)CC/C=C/C/C=C\CCCCCCCC. The van der Waals surface area contributed by atoms with Gasteiger partial charge in [-0.25, -0.2) is 0 Å². The fraction of sp³-hybridized carbons (Fsp3) is 0.706. The van der Waals surface area contributed by atoms with E-state index < -0.39 is 26.6 Å². The third kappa shape index (κ3) is 57.4. The Labute approximate surface area is 481 Å². The highest BCUT2D eigenvalue weighted by Crippen LogP contribution is 2.38. The Morgan fingerprint density at radius 2 is 0.833 bits per heavy atom. The normalized spacial score (nSPS) is 14.4. The Morgan fingerprint density at radius 1 is 0.462 bits per heavy atom. The summed E-state index contributed by atoms with van der Waals surface area (Å²) in [5.74, 6) is -0.634. The number of ether oxygens (including phenoxy) is 1. The number of rotatable bonds is 56. The number of carbonyl (C=O) groups is 2. The number of carbonyl (C=O) groups excluding carboxylic acids is 2. The van der Waals surface area contributed by atoms with Gasteiger partial charge in [-0.2, -0.15) is 0 Å². The van der Waals surface area contributed by atoms with E-state index in [4.69, 9.17) is 13.8 Å². The zero-order valence-corrected chi connectivity index (χ0v) is 52.0. The molecule has 0 heterocycles. The Bertz CT molecular complexity index is 1700. The number of nitrogens with zero attached hydrogens (tertiary/aromatic N) is 1. The van der Waals surface area contributed by atoms with Gasteiger partial charge in [-0.3, -0.25) is 14.2 Å². The predicted molar refractivity (Wildman–Crippen MR) is 334 cm³/mol. The molecule has 0 saturated heterocycles. The summed E-state index contributed by atoms with van der Waals surface area (Å²) in [5, 5.41) is 2.98. The minimum atomic E-state index is -4.72. The van der Waals surface area contributed by atoms with Crippen molar-refractivity contribution >= 4 is 19.7 Å².